The highest BCUT2D eigenvalue weighted by atomic mass is 31.0. The average Bonchev–Trinajstić information content (AvgIpc) is 3.25. The molecule has 2 aliphatic rings. The highest BCUT2D eigenvalue weighted by molar-refractivity contribution is 7.26. The Balaban J connectivity index is 1.64. The standard InChI is InChI=1S/C22H23N2P/c1-2-20(22(11-6-12-22)21-14-23-24-25-21)18-10-5-9-17-16-8-4-3-7-15(16)13-19(17)18/h3-5,7-10,14,20H,2,6,11-13H2,1H3,(H,23,24). The molecule has 1 heterocycles. The first-order valence-corrected chi connectivity index (χ1v) is 10.3. The Morgan fingerprint density at radius 2 is 1.96 bits per heavy atom. The fourth-order valence-electron chi connectivity index (χ4n) is 5.20. The van der Waals surface area contributed by atoms with Gasteiger partial charge in [0.05, 0.1) is 6.20 Å². The van der Waals surface area contributed by atoms with E-state index in [0.717, 1.165) is 6.42 Å². The Hall–Kier alpha value is -1.92. The van der Waals surface area contributed by atoms with Gasteiger partial charge in [0.15, 0.2) is 0 Å². The smallest absolute Gasteiger partial charge is 0.0573 e. The van der Waals surface area contributed by atoms with Gasteiger partial charge in [0, 0.05) is 19.1 Å². The van der Waals surface area contributed by atoms with Crippen molar-refractivity contribution in [2.24, 2.45) is 0 Å². The maximum absolute atomic E-state index is 4.30. The Morgan fingerprint density at radius 1 is 1.12 bits per heavy atom. The van der Waals surface area contributed by atoms with E-state index in [-0.39, 0.29) is 0 Å². The normalized spacial score (nSPS) is 18.6. The van der Waals surface area contributed by atoms with Crippen LogP contribution in [0.5, 0.6) is 0 Å². The molecule has 0 bridgehead atoms. The molecule has 0 radical (unpaired) electrons. The van der Waals surface area contributed by atoms with Gasteiger partial charge in [-0.3, -0.25) is 4.86 Å². The number of hydrogen-bond donors (Lipinski definition) is 1. The molecular weight excluding hydrogens is 323 g/mol. The van der Waals surface area contributed by atoms with Gasteiger partial charge >= 0.3 is 0 Å². The summed E-state index contributed by atoms with van der Waals surface area (Å²) in [6.07, 6.45) is 8.34. The lowest BCUT2D eigenvalue weighted by molar-refractivity contribution is 0.194. The zero-order valence-corrected chi connectivity index (χ0v) is 15.5. The van der Waals surface area contributed by atoms with Crippen LogP contribution in [0.25, 0.3) is 11.1 Å². The van der Waals surface area contributed by atoms with E-state index in [1.807, 2.05) is 0 Å². The number of nitrogens with zero attached hydrogens (tertiary/aromatic N) is 1. The van der Waals surface area contributed by atoms with Gasteiger partial charge in [-0.1, -0.05) is 55.8 Å². The van der Waals surface area contributed by atoms with Crippen LogP contribution in [0.1, 0.15) is 60.5 Å². The van der Waals surface area contributed by atoms with Crippen molar-refractivity contribution in [3.63, 3.8) is 0 Å². The molecule has 3 heteroatoms. The molecule has 1 fully saturated rings. The van der Waals surface area contributed by atoms with E-state index in [1.165, 1.54) is 56.0 Å². The van der Waals surface area contributed by atoms with Gasteiger partial charge in [-0.2, -0.15) is 5.10 Å². The Labute approximate surface area is 150 Å². The van der Waals surface area contributed by atoms with Crippen molar-refractivity contribution in [1.29, 1.82) is 0 Å². The predicted octanol–water partition coefficient (Wildman–Crippen LogP) is 6.18. The van der Waals surface area contributed by atoms with Crippen LogP contribution in [0, 0.1) is 0 Å². The van der Waals surface area contributed by atoms with Crippen LogP contribution in [0.3, 0.4) is 0 Å². The average molecular weight is 346 g/mol. The second kappa shape index (κ2) is 5.81. The summed E-state index contributed by atoms with van der Waals surface area (Å²) < 4.78 is 0. The number of fused-ring (bicyclic) bond motifs is 3. The molecule has 0 amide bonds. The van der Waals surface area contributed by atoms with Gasteiger partial charge in [0.1, 0.15) is 0 Å². The first-order chi connectivity index (χ1) is 12.3. The molecule has 1 N–H and O–H groups in total. The monoisotopic (exact) mass is 346 g/mol. The number of aromatic amines is 1. The SMILES string of the molecule is CCC(c1cccc2c1Cc1ccccc1-2)C1(c2cn[nH]p2)CCC1. The maximum atomic E-state index is 4.30. The topological polar surface area (TPSA) is 28.7 Å². The molecule has 0 saturated heterocycles. The molecule has 1 atom stereocenters. The van der Waals surface area contributed by atoms with Crippen molar-refractivity contribution >= 4 is 8.35 Å². The van der Waals surface area contributed by atoms with E-state index >= 15 is 0 Å². The molecular formula is C22H23N2P. The zero-order chi connectivity index (χ0) is 16.9. The van der Waals surface area contributed by atoms with E-state index in [9.17, 15) is 0 Å². The molecule has 5 rings (SSSR count). The molecule has 2 aromatic carbocycles. The first kappa shape index (κ1) is 15.3. The number of nitrogens with one attached hydrogen (secondary N) is 1. The lowest BCUT2D eigenvalue weighted by Crippen LogP contribution is -2.39. The van der Waals surface area contributed by atoms with Gasteiger partial charge in [0.2, 0.25) is 0 Å². The van der Waals surface area contributed by atoms with Crippen LogP contribution in [0.15, 0.2) is 48.7 Å². The summed E-state index contributed by atoms with van der Waals surface area (Å²) in [5.41, 5.74) is 7.85. The van der Waals surface area contributed by atoms with Crippen molar-refractivity contribution in [3.05, 3.63) is 70.6 Å². The second-order valence-electron chi connectivity index (χ2n) is 7.53. The number of benzene rings is 2. The molecule has 3 aromatic rings. The number of rotatable bonds is 4. The Morgan fingerprint density at radius 3 is 2.68 bits per heavy atom. The fraction of sp³-hybridized carbons (Fsp3) is 0.364. The van der Waals surface area contributed by atoms with Crippen molar-refractivity contribution in [1.82, 2.24) is 9.96 Å². The van der Waals surface area contributed by atoms with E-state index in [0.29, 0.717) is 11.3 Å². The molecule has 0 spiro atoms. The van der Waals surface area contributed by atoms with E-state index in [2.05, 4.69) is 65.5 Å². The van der Waals surface area contributed by atoms with Crippen LogP contribution in [-0.4, -0.2) is 9.96 Å². The van der Waals surface area contributed by atoms with Crippen molar-refractivity contribution < 1.29 is 0 Å². The molecule has 1 aromatic heterocycles. The lowest BCUT2D eigenvalue weighted by atomic mass is 9.57. The number of H-pyrrole nitrogens is 1. The molecule has 1 saturated carbocycles. The largest absolute Gasteiger partial charge is 0.260 e. The molecule has 2 nitrogen and oxygen atoms in total. The van der Waals surface area contributed by atoms with Gasteiger partial charge in [-0.05, 0) is 59.4 Å². The van der Waals surface area contributed by atoms with Gasteiger partial charge in [0.25, 0.3) is 0 Å². The highest BCUT2D eigenvalue weighted by Crippen LogP contribution is 2.57. The molecule has 1 unspecified atom stereocenters. The third-order valence-electron chi connectivity index (χ3n) is 6.51. The third-order valence-corrected chi connectivity index (χ3v) is 7.53. The summed E-state index contributed by atoms with van der Waals surface area (Å²) in [6.45, 7) is 2.36. The molecule has 25 heavy (non-hydrogen) atoms. The van der Waals surface area contributed by atoms with Gasteiger partial charge in [-0.25, -0.2) is 0 Å². The molecule has 2 aliphatic carbocycles. The maximum Gasteiger partial charge on any atom is 0.0573 e. The minimum atomic E-state index is 0.313. The molecule has 126 valence electrons. The van der Waals surface area contributed by atoms with Crippen molar-refractivity contribution in [3.8, 4) is 11.1 Å². The molecule has 0 aliphatic heterocycles. The fourth-order valence-corrected chi connectivity index (χ4v) is 6.14. The zero-order valence-electron chi connectivity index (χ0n) is 14.6. The van der Waals surface area contributed by atoms with Crippen molar-refractivity contribution in [2.45, 2.75) is 50.4 Å². The number of aromatic nitrogens is 2. The summed E-state index contributed by atoms with van der Waals surface area (Å²) in [6, 6.07) is 15.9. The van der Waals surface area contributed by atoms with Gasteiger partial charge < -0.3 is 0 Å². The van der Waals surface area contributed by atoms with Gasteiger partial charge in [-0.15, -0.1) is 0 Å². The number of hydrogen-bond acceptors (Lipinski definition) is 1. The van der Waals surface area contributed by atoms with Crippen LogP contribution < -0.4 is 0 Å². The quantitative estimate of drug-likeness (QED) is 0.470. The summed E-state index contributed by atoms with van der Waals surface area (Å²) in [5.74, 6) is 0.597. The van der Waals surface area contributed by atoms with Crippen LogP contribution >= 0.6 is 8.35 Å². The second-order valence-corrected chi connectivity index (χ2v) is 8.44. The Kier molecular flexibility index (Phi) is 3.57. The summed E-state index contributed by atoms with van der Waals surface area (Å²) >= 11 is 0. The first-order valence-electron chi connectivity index (χ1n) is 9.40. The summed E-state index contributed by atoms with van der Waals surface area (Å²) in [5, 5.41) is 5.80. The van der Waals surface area contributed by atoms with Crippen LogP contribution in [0.4, 0.5) is 0 Å². The van der Waals surface area contributed by atoms with E-state index in [4.69, 9.17) is 0 Å². The Bertz CT molecular complexity index is 910. The van der Waals surface area contributed by atoms with E-state index in [1.54, 1.807) is 11.1 Å². The minimum absolute atomic E-state index is 0.313. The van der Waals surface area contributed by atoms with Crippen molar-refractivity contribution in [2.75, 3.05) is 0 Å². The predicted molar refractivity (Wildman–Crippen MR) is 104 cm³/mol. The summed E-state index contributed by atoms with van der Waals surface area (Å²) in [4.78, 5) is 3.15. The lowest BCUT2D eigenvalue weighted by Gasteiger charge is -2.48. The van der Waals surface area contributed by atoms with E-state index < -0.39 is 0 Å². The van der Waals surface area contributed by atoms with Crippen LogP contribution in [0.2, 0.25) is 0 Å². The third kappa shape index (κ3) is 2.17. The summed E-state index contributed by atoms with van der Waals surface area (Å²) in [7, 11) is 1.20. The van der Waals surface area contributed by atoms with Crippen LogP contribution in [-0.2, 0) is 11.8 Å². The highest BCUT2D eigenvalue weighted by Gasteiger charge is 2.47. The minimum Gasteiger partial charge on any atom is -0.260 e.